The number of carbonyl (C=O) groups is 5. The average molecular weight is 1100 g/mol. The Labute approximate surface area is 469 Å². The minimum atomic E-state index is -1.07. The Balaban J connectivity index is 0.895. The molecule has 1 aromatic heterocycles. The van der Waals surface area contributed by atoms with Crippen LogP contribution in [0, 0.1) is 11.8 Å². The Morgan fingerprint density at radius 2 is 1.25 bits per heavy atom. The molecule has 0 radical (unpaired) electrons. The average Bonchev–Trinajstić information content (AvgIpc) is 4.11. The number of phenolic OH excluding ortho intramolecular Hbond substituents is 2. The Kier molecular flexibility index (Phi) is 21.4. The van der Waals surface area contributed by atoms with Gasteiger partial charge < -0.3 is 41.5 Å². The molecule has 8 N–H and O–H groups in total. The second kappa shape index (κ2) is 28.3. The molecular weight excluding hydrogens is 1020 g/mol. The molecule has 5 atom stereocenters. The third-order valence-electron chi connectivity index (χ3n) is 14.8. The van der Waals surface area contributed by atoms with Crippen LogP contribution >= 0.6 is 0 Å². The van der Waals surface area contributed by atoms with Gasteiger partial charge in [0, 0.05) is 71.3 Å². The van der Waals surface area contributed by atoms with Gasteiger partial charge in [-0.1, -0.05) is 114 Å². The number of nitrogens with one attached hydrogen (secondary N) is 6. The van der Waals surface area contributed by atoms with Crippen LogP contribution in [-0.4, -0.2) is 146 Å². The number of nitrogens with zero attached hydrogens (tertiary/aromatic N) is 4. The fourth-order valence-corrected chi connectivity index (χ4v) is 10.1. The molecule has 2 aliphatic heterocycles. The van der Waals surface area contributed by atoms with Crippen molar-refractivity contribution in [2.24, 2.45) is 11.8 Å². The van der Waals surface area contributed by atoms with E-state index in [0.717, 1.165) is 56.0 Å². The number of H-pyrrole nitrogens is 1. The zero-order valence-corrected chi connectivity index (χ0v) is 47.4. The lowest BCUT2D eigenvalue weighted by atomic mass is 9.93. The molecule has 5 unspecified atom stereocenters. The quantitative estimate of drug-likeness (QED) is 0.0229. The molecule has 2 aliphatic rings. The van der Waals surface area contributed by atoms with E-state index in [1.807, 2.05) is 126 Å². The molecule has 19 nitrogen and oxygen atoms in total. The lowest BCUT2D eigenvalue weighted by Crippen LogP contribution is -2.59. The number of ketones is 1. The molecule has 2 saturated heterocycles. The Morgan fingerprint density at radius 3 is 1.88 bits per heavy atom. The maximum Gasteiger partial charge on any atom is 0.348 e. The van der Waals surface area contributed by atoms with Crippen LogP contribution in [0.5, 0.6) is 11.5 Å². The molecule has 19 heteroatoms. The second-order valence-corrected chi connectivity index (χ2v) is 22.7. The van der Waals surface area contributed by atoms with Gasteiger partial charge in [-0.05, 0) is 90.8 Å². The number of aromatic nitrogens is 3. The summed E-state index contributed by atoms with van der Waals surface area (Å²) in [4.78, 5) is 87.5. The summed E-state index contributed by atoms with van der Waals surface area (Å²) in [6.07, 6.45) is 1.74. The van der Waals surface area contributed by atoms with Crippen LogP contribution in [0.4, 0.5) is 0 Å². The van der Waals surface area contributed by atoms with E-state index in [4.69, 9.17) is 4.74 Å². The fraction of sp³-hybridized carbons (Fsp3) is 0.492. The van der Waals surface area contributed by atoms with Gasteiger partial charge in [-0.2, -0.15) is 5.10 Å². The van der Waals surface area contributed by atoms with E-state index in [9.17, 15) is 39.0 Å². The number of rotatable bonds is 29. The SMILES string of the molecule is CC(C)CC(NC(=O)C(CCc1ccccc1)NC(=O)CCNCCN1CCN(Cc2ccc(-n3c(-c4cc(C(C)C)c(O)cc4O)n[nH]c3=O)cc2)CC1)C(=O)NC(Cc1ccccc1)C(=O)NC(CC(C)C)C(=O)C1(C)CO1. The van der Waals surface area contributed by atoms with Crippen molar-refractivity contribution in [3.63, 3.8) is 0 Å². The summed E-state index contributed by atoms with van der Waals surface area (Å²) in [5.74, 6) is -1.98. The van der Waals surface area contributed by atoms with Crippen LogP contribution in [0.1, 0.15) is 102 Å². The van der Waals surface area contributed by atoms with Gasteiger partial charge in [0.1, 0.15) is 35.2 Å². The van der Waals surface area contributed by atoms with E-state index in [2.05, 4.69) is 46.6 Å². The zero-order chi connectivity index (χ0) is 57.5. The molecule has 4 amide bonds. The van der Waals surface area contributed by atoms with E-state index in [1.165, 1.54) is 10.6 Å². The molecule has 0 spiro atoms. The van der Waals surface area contributed by atoms with Crippen molar-refractivity contribution in [2.45, 2.75) is 129 Å². The van der Waals surface area contributed by atoms with Gasteiger partial charge in [0.25, 0.3) is 0 Å². The summed E-state index contributed by atoms with van der Waals surface area (Å²) in [6, 6.07) is 25.7. The molecule has 430 valence electrons. The number of amides is 4. The van der Waals surface area contributed by atoms with Crippen LogP contribution in [0.25, 0.3) is 17.1 Å². The number of carbonyl (C=O) groups excluding carboxylic acids is 5. The number of phenols is 2. The predicted octanol–water partition coefficient (Wildman–Crippen LogP) is 5.12. The Bertz CT molecular complexity index is 2910. The molecule has 2 fully saturated rings. The van der Waals surface area contributed by atoms with Crippen molar-refractivity contribution in [1.82, 2.24) is 51.1 Å². The summed E-state index contributed by atoms with van der Waals surface area (Å²) in [5, 5.41) is 42.9. The zero-order valence-electron chi connectivity index (χ0n) is 47.4. The monoisotopic (exact) mass is 1100 g/mol. The molecule has 0 saturated carbocycles. The normalized spacial score (nSPS) is 17.2. The molecule has 0 aliphatic carbocycles. The number of aryl methyl sites for hydroxylation is 1. The molecule has 80 heavy (non-hydrogen) atoms. The number of hydrogen-bond acceptors (Lipinski definition) is 13. The molecule has 5 aromatic rings. The number of aromatic hydroxyl groups is 2. The standard InChI is InChI=1S/C61H82N10O9/c1-39(2)32-49(55(75)61(7)38-80-61)64-59(78)51(34-43-16-12-9-13-17-43)66-58(77)50(33-40(3)4)65-57(76)48(23-20-42-14-10-8-11-15-42)63-54(74)24-25-62-26-27-69-28-30-70(31-29-69)37-44-18-21-45(22-19-44)71-56(67-68-60(71)79)47-35-46(41(5)6)52(72)36-53(47)73/h8-19,21-22,35-36,39-41,48-51,62,72-73H,20,23-34,37-38H2,1-7H3,(H,63,74)(H,64,78)(H,65,76)(H,66,77)(H,68,79). The minimum absolute atomic E-state index is 0.0173. The molecular formula is C61H82N10O9. The number of ether oxygens (including phenoxy) is 1. The van der Waals surface area contributed by atoms with Gasteiger partial charge in [-0.15, -0.1) is 0 Å². The number of epoxide rings is 1. The summed E-state index contributed by atoms with van der Waals surface area (Å²) in [5.41, 5.74) is 3.03. The number of piperazine rings is 1. The van der Waals surface area contributed by atoms with Crippen molar-refractivity contribution in [2.75, 3.05) is 52.4 Å². The highest BCUT2D eigenvalue weighted by molar-refractivity contribution is 5.99. The van der Waals surface area contributed by atoms with Crippen LogP contribution in [0.3, 0.4) is 0 Å². The van der Waals surface area contributed by atoms with E-state index < -0.39 is 53.2 Å². The van der Waals surface area contributed by atoms with Crippen molar-refractivity contribution in [3.05, 3.63) is 130 Å². The number of benzene rings is 4. The van der Waals surface area contributed by atoms with Gasteiger partial charge in [0.2, 0.25) is 23.6 Å². The highest BCUT2D eigenvalue weighted by Crippen LogP contribution is 2.37. The summed E-state index contributed by atoms with van der Waals surface area (Å²) >= 11 is 0. The maximum atomic E-state index is 14.3. The highest BCUT2D eigenvalue weighted by atomic mass is 16.6. The van der Waals surface area contributed by atoms with Crippen molar-refractivity contribution < 1.29 is 38.9 Å². The maximum absolute atomic E-state index is 14.3. The summed E-state index contributed by atoms with van der Waals surface area (Å²) < 4.78 is 6.86. The fourth-order valence-electron chi connectivity index (χ4n) is 10.1. The van der Waals surface area contributed by atoms with Crippen molar-refractivity contribution >= 4 is 29.4 Å². The first kappa shape index (κ1) is 60.5. The second-order valence-electron chi connectivity index (χ2n) is 22.7. The third kappa shape index (κ3) is 17.2. The van der Waals surface area contributed by atoms with Gasteiger partial charge in [0.15, 0.2) is 11.6 Å². The van der Waals surface area contributed by atoms with Crippen molar-refractivity contribution in [1.29, 1.82) is 0 Å². The van der Waals surface area contributed by atoms with E-state index in [0.29, 0.717) is 42.7 Å². The third-order valence-corrected chi connectivity index (χ3v) is 14.8. The van der Waals surface area contributed by atoms with E-state index >= 15 is 0 Å². The first-order valence-electron chi connectivity index (χ1n) is 28.2. The van der Waals surface area contributed by atoms with Crippen LogP contribution in [0.2, 0.25) is 0 Å². The summed E-state index contributed by atoms with van der Waals surface area (Å²) in [7, 11) is 0. The van der Waals surface area contributed by atoms with E-state index in [1.54, 1.807) is 13.0 Å². The molecule has 3 heterocycles. The lowest BCUT2D eigenvalue weighted by Gasteiger charge is -2.34. The first-order chi connectivity index (χ1) is 38.3. The molecule has 4 aromatic carbocycles. The van der Waals surface area contributed by atoms with Gasteiger partial charge in [-0.3, -0.25) is 33.8 Å². The summed E-state index contributed by atoms with van der Waals surface area (Å²) in [6.45, 7) is 19.7. The predicted molar refractivity (Wildman–Crippen MR) is 307 cm³/mol. The first-order valence-corrected chi connectivity index (χ1v) is 28.2. The number of Topliss-reactive ketones (excluding diaryl/α,β-unsaturated/α-hetero) is 1. The van der Waals surface area contributed by atoms with E-state index in [-0.39, 0.29) is 79.1 Å². The van der Waals surface area contributed by atoms with Gasteiger partial charge in [-0.25, -0.2) is 14.5 Å². The largest absolute Gasteiger partial charge is 0.508 e. The van der Waals surface area contributed by atoms with Gasteiger partial charge in [0.05, 0.1) is 23.9 Å². The topological polar surface area (TPSA) is 256 Å². The molecule has 7 rings (SSSR count). The minimum Gasteiger partial charge on any atom is -0.508 e. The smallest absolute Gasteiger partial charge is 0.348 e. The van der Waals surface area contributed by atoms with Crippen LogP contribution in [0.15, 0.2) is 102 Å². The lowest BCUT2D eigenvalue weighted by molar-refractivity contribution is -0.135. The Morgan fingerprint density at radius 1 is 0.675 bits per heavy atom. The highest BCUT2D eigenvalue weighted by Gasteiger charge is 2.50. The van der Waals surface area contributed by atoms with Crippen molar-refractivity contribution in [3.8, 4) is 28.6 Å². The molecule has 0 bridgehead atoms. The van der Waals surface area contributed by atoms with Gasteiger partial charge >= 0.3 is 5.69 Å². The van der Waals surface area contributed by atoms with Crippen LogP contribution < -0.4 is 32.3 Å². The van der Waals surface area contributed by atoms with Crippen LogP contribution in [-0.2, 0) is 48.1 Å². The number of hydrogen-bond donors (Lipinski definition) is 8. The Hall–Kier alpha value is -7.19. The number of aromatic amines is 1.